The highest BCUT2D eigenvalue weighted by Crippen LogP contribution is 2.18. The summed E-state index contributed by atoms with van der Waals surface area (Å²) in [7, 11) is 0. The van der Waals surface area contributed by atoms with Gasteiger partial charge in [-0.05, 0) is 25.0 Å². The zero-order valence-corrected chi connectivity index (χ0v) is 13.0. The second kappa shape index (κ2) is 6.78. The molecule has 1 fully saturated rings. The van der Waals surface area contributed by atoms with E-state index in [1.54, 1.807) is 23.2 Å². The quantitative estimate of drug-likeness (QED) is 0.919. The molecule has 3 rings (SSSR count). The number of nitrogens with zero attached hydrogens (tertiary/aromatic N) is 3. The van der Waals surface area contributed by atoms with Crippen LogP contribution in [0.5, 0.6) is 5.88 Å². The summed E-state index contributed by atoms with van der Waals surface area (Å²) < 4.78 is 5.76. The minimum Gasteiger partial charge on any atom is -0.471 e. The molecule has 8 heteroatoms. The SMILES string of the molecule is O=C(c1c[nH]c(=O)c(Cl)c1)N1CCCC(Oc2cccnn2)C1. The molecule has 1 aliphatic heterocycles. The number of rotatable bonds is 3. The Morgan fingerprint density at radius 2 is 2.35 bits per heavy atom. The second-order valence-electron chi connectivity index (χ2n) is 5.26. The molecule has 7 nitrogen and oxygen atoms in total. The van der Waals surface area contributed by atoms with Gasteiger partial charge in [-0.25, -0.2) is 0 Å². The average molecular weight is 335 g/mol. The van der Waals surface area contributed by atoms with Crippen molar-refractivity contribution < 1.29 is 9.53 Å². The third kappa shape index (κ3) is 3.68. The van der Waals surface area contributed by atoms with Crippen molar-refractivity contribution in [2.24, 2.45) is 0 Å². The molecule has 1 aliphatic rings. The lowest BCUT2D eigenvalue weighted by atomic mass is 10.1. The van der Waals surface area contributed by atoms with Gasteiger partial charge in [0.05, 0.1) is 12.1 Å². The van der Waals surface area contributed by atoms with Crippen LogP contribution in [0.2, 0.25) is 5.02 Å². The Bertz CT molecular complexity index is 750. The first-order chi connectivity index (χ1) is 11.1. The highest BCUT2D eigenvalue weighted by atomic mass is 35.5. The Morgan fingerprint density at radius 1 is 1.48 bits per heavy atom. The summed E-state index contributed by atoms with van der Waals surface area (Å²) in [5, 5.41) is 7.66. The Morgan fingerprint density at radius 3 is 3.09 bits per heavy atom. The third-order valence-electron chi connectivity index (χ3n) is 3.61. The first-order valence-electron chi connectivity index (χ1n) is 7.25. The number of ether oxygens (including phenoxy) is 1. The lowest BCUT2D eigenvalue weighted by Gasteiger charge is -2.32. The van der Waals surface area contributed by atoms with Gasteiger partial charge in [0.1, 0.15) is 11.1 Å². The van der Waals surface area contributed by atoms with E-state index in [0.717, 1.165) is 12.8 Å². The molecule has 0 saturated carbocycles. The Labute approximate surface area is 137 Å². The van der Waals surface area contributed by atoms with Crippen LogP contribution in [0, 0.1) is 0 Å². The highest BCUT2D eigenvalue weighted by Gasteiger charge is 2.26. The highest BCUT2D eigenvalue weighted by molar-refractivity contribution is 6.30. The molecular weight excluding hydrogens is 320 g/mol. The van der Waals surface area contributed by atoms with E-state index in [1.807, 2.05) is 0 Å². The number of halogens is 1. The lowest BCUT2D eigenvalue weighted by molar-refractivity contribution is 0.0525. The number of piperidine rings is 1. The Hall–Kier alpha value is -2.41. The van der Waals surface area contributed by atoms with Crippen LogP contribution in [0.4, 0.5) is 0 Å². The van der Waals surface area contributed by atoms with Crippen molar-refractivity contribution in [1.29, 1.82) is 0 Å². The number of carbonyl (C=O) groups excluding carboxylic acids is 1. The van der Waals surface area contributed by atoms with Crippen molar-refractivity contribution >= 4 is 17.5 Å². The van der Waals surface area contributed by atoms with Crippen LogP contribution in [-0.2, 0) is 0 Å². The van der Waals surface area contributed by atoms with Gasteiger partial charge in [-0.15, -0.1) is 5.10 Å². The van der Waals surface area contributed by atoms with Gasteiger partial charge in [-0.2, -0.15) is 5.10 Å². The van der Waals surface area contributed by atoms with Crippen LogP contribution in [0.1, 0.15) is 23.2 Å². The van der Waals surface area contributed by atoms with Crippen LogP contribution in [-0.4, -0.2) is 45.2 Å². The number of amides is 1. The maximum absolute atomic E-state index is 12.5. The first-order valence-corrected chi connectivity index (χ1v) is 7.63. The van der Waals surface area contributed by atoms with E-state index in [9.17, 15) is 9.59 Å². The summed E-state index contributed by atoms with van der Waals surface area (Å²) in [4.78, 5) is 27.9. The minimum absolute atomic E-state index is 0.000203. The number of hydrogen-bond acceptors (Lipinski definition) is 5. The fraction of sp³-hybridized carbons (Fsp3) is 0.333. The molecule has 1 amide bonds. The molecule has 1 N–H and O–H groups in total. The van der Waals surface area contributed by atoms with Gasteiger partial charge in [0, 0.05) is 25.0 Å². The van der Waals surface area contributed by atoms with E-state index in [4.69, 9.17) is 16.3 Å². The molecule has 1 unspecified atom stereocenters. The summed E-state index contributed by atoms with van der Waals surface area (Å²) in [5.41, 5.74) is -0.0551. The first kappa shape index (κ1) is 15.5. The van der Waals surface area contributed by atoms with Gasteiger partial charge >= 0.3 is 0 Å². The molecule has 120 valence electrons. The number of carbonyl (C=O) groups is 1. The molecule has 1 atom stereocenters. The topological polar surface area (TPSA) is 88.2 Å². The summed E-state index contributed by atoms with van der Waals surface area (Å²) in [6.07, 6.45) is 4.48. The number of nitrogens with one attached hydrogen (secondary N) is 1. The molecular formula is C15H15ClN4O3. The Kier molecular flexibility index (Phi) is 4.57. The fourth-order valence-corrected chi connectivity index (χ4v) is 2.67. The van der Waals surface area contributed by atoms with Gasteiger partial charge in [-0.1, -0.05) is 11.6 Å². The number of hydrogen-bond donors (Lipinski definition) is 1. The maximum atomic E-state index is 12.5. The molecule has 0 aliphatic carbocycles. The van der Waals surface area contributed by atoms with E-state index in [1.165, 1.54) is 12.3 Å². The number of aromatic amines is 1. The number of aromatic nitrogens is 3. The molecule has 0 aromatic carbocycles. The smallest absolute Gasteiger partial charge is 0.266 e. The van der Waals surface area contributed by atoms with Crippen molar-refractivity contribution in [3.05, 3.63) is 51.5 Å². The minimum atomic E-state index is -0.411. The van der Waals surface area contributed by atoms with Gasteiger partial charge in [-0.3, -0.25) is 9.59 Å². The molecule has 23 heavy (non-hydrogen) atoms. The van der Waals surface area contributed by atoms with E-state index in [0.29, 0.717) is 24.5 Å². The monoisotopic (exact) mass is 334 g/mol. The van der Waals surface area contributed by atoms with Gasteiger partial charge in [0.2, 0.25) is 5.88 Å². The van der Waals surface area contributed by atoms with Crippen molar-refractivity contribution in [3.63, 3.8) is 0 Å². The zero-order chi connectivity index (χ0) is 16.2. The van der Waals surface area contributed by atoms with Crippen LogP contribution in [0.25, 0.3) is 0 Å². The van der Waals surface area contributed by atoms with Gasteiger partial charge < -0.3 is 14.6 Å². The summed E-state index contributed by atoms with van der Waals surface area (Å²) >= 11 is 5.78. The standard InChI is InChI=1S/C15H15ClN4O3/c16-12-7-10(8-17-14(12)21)15(22)20-6-2-3-11(9-20)23-13-4-1-5-18-19-13/h1,4-5,7-8,11H,2-3,6,9H2,(H,17,21). The van der Waals surface area contributed by atoms with Crippen LogP contribution >= 0.6 is 11.6 Å². The van der Waals surface area contributed by atoms with Crippen LogP contribution < -0.4 is 10.3 Å². The Balaban J connectivity index is 1.69. The molecule has 2 aromatic rings. The van der Waals surface area contributed by atoms with E-state index >= 15 is 0 Å². The summed E-state index contributed by atoms with van der Waals surface area (Å²) in [6.45, 7) is 1.09. The molecule has 3 heterocycles. The molecule has 2 aromatic heterocycles. The molecule has 0 bridgehead atoms. The summed E-state index contributed by atoms with van der Waals surface area (Å²) in [5.74, 6) is 0.259. The third-order valence-corrected chi connectivity index (χ3v) is 3.89. The van der Waals surface area contributed by atoms with Crippen LogP contribution in [0.15, 0.2) is 35.4 Å². The van der Waals surface area contributed by atoms with Crippen molar-refractivity contribution in [3.8, 4) is 5.88 Å². The number of likely N-dealkylation sites (tertiary alicyclic amines) is 1. The number of H-pyrrole nitrogens is 1. The molecule has 1 saturated heterocycles. The lowest BCUT2D eigenvalue weighted by Crippen LogP contribution is -2.44. The predicted molar refractivity (Wildman–Crippen MR) is 83.7 cm³/mol. The van der Waals surface area contributed by atoms with Crippen molar-refractivity contribution in [2.75, 3.05) is 13.1 Å². The fourth-order valence-electron chi connectivity index (χ4n) is 2.50. The molecule has 0 spiro atoms. The maximum Gasteiger partial charge on any atom is 0.266 e. The van der Waals surface area contributed by atoms with Gasteiger partial charge in [0.25, 0.3) is 11.5 Å². The van der Waals surface area contributed by atoms with Gasteiger partial charge in [0.15, 0.2) is 0 Å². The largest absolute Gasteiger partial charge is 0.471 e. The molecule has 0 radical (unpaired) electrons. The van der Waals surface area contributed by atoms with E-state index < -0.39 is 5.56 Å². The predicted octanol–water partition coefficient (Wildman–Crippen LogP) is 1.50. The average Bonchev–Trinajstić information content (AvgIpc) is 2.58. The number of pyridine rings is 1. The second-order valence-corrected chi connectivity index (χ2v) is 5.67. The zero-order valence-electron chi connectivity index (χ0n) is 12.2. The summed E-state index contributed by atoms with van der Waals surface area (Å²) in [6, 6.07) is 4.86. The van der Waals surface area contributed by atoms with E-state index in [-0.39, 0.29) is 17.0 Å². The van der Waals surface area contributed by atoms with Crippen molar-refractivity contribution in [2.45, 2.75) is 18.9 Å². The van der Waals surface area contributed by atoms with Crippen molar-refractivity contribution in [1.82, 2.24) is 20.1 Å². The normalized spacial score (nSPS) is 17.8. The van der Waals surface area contributed by atoms with E-state index in [2.05, 4.69) is 15.2 Å². The van der Waals surface area contributed by atoms with Crippen LogP contribution in [0.3, 0.4) is 0 Å².